The molecule has 6 nitrogen and oxygen atoms in total. The Balaban J connectivity index is 1.43. The summed E-state index contributed by atoms with van der Waals surface area (Å²) in [5.41, 5.74) is 2.38. The van der Waals surface area contributed by atoms with Gasteiger partial charge in [-0.05, 0) is 81.9 Å². The highest BCUT2D eigenvalue weighted by Crippen LogP contribution is 2.43. The van der Waals surface area contributed by atoms with Crippen molar-refractivity contribution in [3.63, 3.8) is 0 Å². The van der Waals surface area contributed by atoms with Gasteiger partial charge >= 0.3 is 5.97 Å². The van der Waals surface area contributed by atoms with Crippen LogP contribution in [-0.2, 0) is 11.2 Å². The number of carboxylic acids is 1. The summed E-state index contributed by atoms with van der Waals surface area (Å²) in [6.45, 7) is 2.42. The minimum atomic E-state index is -1.31. The second-order valence-electron chi connectivity index (χ2n) is 10.4. The Labute approximate surface area is 219 Å². The number of pyridine rings is 1. The van der Waals surface area contributed by atoms with Crippen molar-refractivity contribution in [3.8, 4) is 5.75 Å². The Kier molecular flexibility index (Phi) is 8.64. The number of anilines is 1. The fourth-order valence-electron chi connectivity index (χ4n) is 5.47. The lowest BCUT2D eigenvalue weighted by molar-refractivity contribution is -0.153. The molecule has 1 fully saturated rings. The van der Waals surface area contributed by atoms with Crippen molar-refractivity contribution >= 4 is 22.6 Å². The Bertz CT molecular complexity index is 1190. The molecule has 1 atom stereocenters. The van der Waals surface area contributed by atoms with Gasteiger partial charge in [0.2, 0.25) is 0 Å². The average Bonchev–Trinajstić information content (AvgIpc) is 2.91. The van der Waals surface area contributed by atoms with Crippen molar-refractivity contribution in [2.45, 2.75) is 44.7 Å². The van der Waals surface area contributed by atoms with Crippen molar-refractivity contribution < 1.29 is 19.0 Å². The van der Waals surface area contributed by atoms with E-state index in [9.17, 15) is 9.90 Å². The number of aromatic nitrogens is 1. The first kappa shape index (κ1) is 26.9. The molecule has 1 aliphatic rings. The summed E-state index contributed by atoms with van der Waals surface area (Å²) in [6.07, 6.45) is 4.00. The Morgan fingerprint density at radius 3 is 2.57 bits per heavy atom. The molecule has 0 aliphatic carbocycles. The van der Waals surface area contributed by atoms with E-state index in [0.29, 0.717) is 47.2 Å². The molecule has 37 heavy (non-hydrogen) atoms. The molecule has 3 aromatic rings. The maximum Gasteiger partial charge on any atom is 0.309 e. The number of fused-ring (bicyclic) bond motifs is 1. The van der Waals surface area contributed by atoms with Crippen LogP contribution in [0.2, 0.25) is 0 Å². The third-order valence-electron chi connectivity index (χ3n) is 7.82. The van der Waals surface area contributed by atoms with Gasteiger partial charge in [0.1, 0.15) is 11.9 Å². The molecule has 0 spiro atoms. The number of ether oxygens (including phenoxy) is 1. The molecule has 2 heterocycles. The molecule has 7 heteroatoms. The van der Waals surface area contributed by atoms with E-state index in [0.717, 1.165) is 32.5 Å². The van der Waals surface area contributed by atoms with Gasteiger partial charge in [-0.15, -0.1) is 0 Å². The van der Waals surface area contributed by atoms with Crippen LogP contribution in [0.15, 0.2) is 54.7 Å². The zero-order valence-electron chi connectivity index (χ0n) is 22.1. The molecular weight excluding hydrogens is 469 g/mol. The molecule has 0 unspecified atom stereocenters. The van der Waals surface area contributed by atoms with E-state index in [4.69, 9.17) is 4.74 Å². The number of alkyl halides is 1. The number of hydrogen-bond donors (Lipinski definition) is 1. The summed E-state index contributed by atoms with van der Waals surface area (Å²) in [6, 6.07) is 15.9. The molecule has 4 rings (SSSR count). The maximum atomic E-state index is 16.0. The molecule has 0 radical (unpaired) electrons. The number of nitrogens with zero attached hydrogens (tertiary/aromatic N) is 3. The fraction of sp³-hybridized carbons (Fsp3) is 0.467. The first-order valence-electron chi connectivity index (χ1n) is 13.1. The second-order valence-corrected chi connectivity index (χ2v) is 10.4. The van der Waals surface area contributed by atoms with E-state index >= 15 is 4.39 Å². The maximum absolute atomic E-state index is 16.0. The van der Waals surface area contributed by atoms with Gasteiger partial charge in [-0.25, -0.2) is 4.39 Å². The molecule has 1 N–H and O–H groups in total. The molecule has 2 aromatic carbocycles. The van der Waals surface area contributed by atoms with E-state index < -0.39 is 17.6 Å². The Morgan fingerprint density at radius 2 is 1.92 bits per heavy atom. The van der Waals surface area contributed by atoms with Gasteiger partial charge in [0.25, 0.3) is 0 Å². The number of aryl methyl sites for hydroxylation is 1. The van der Waals surface area contributed by atoms with Crippen LogP contribution in [0.25, 0.3) is 10.9 Å². The molecule has 0 saturated carbocycles. The highest BCUT2D eigenvalue weighted by atomic mass is 19.1. The van der Waals surface area contributed by atoms with Crippen LogP contribution < -0.4 is 9.64 Å². The van der Waals surface area contributed by atoms with E-state index in [1.807, 2.05) is 43.3 Å². The normalized spacial score (nSPS) is 16.4. The molecule has 0 bridgehead atoms. The summed E-state index contributed by atoms with van der Waals surface area (Å²) in [7, 11) is 5.32. The molecular formula is C30H38FN3O3. The highest BCUT2D eigenvalue weighted by molar-refractivity contribution is 5.88. The fourth-order valence-corrected chi connectivity index (χ4v) is 5.47. The molecule has 0 amide bonds. The summed E-state index contributed by atoms with van der Waals surface area (Å²) in [4.78, 5) is 21.1. The first-order chi connectivity index (χ1) is 17.8. The number of carbonyl (C=O) groups is 1. The van der Waals surface area contributed by atoms with E-state index in [2.05, 4.69) is 34.1 Å². The van der Waals surface area contributed by atoms with Crippen LogP contribution in [0.1, 0.15) is 49.4 Å². The van der Waals surface area contributed by atoms with Crippen molar-refractivity contribution in [1.82, 2.24) is 9.88 Å². The van der Waals surface area contributed by atoms with Crippen LogP contribution in [0.5, 0.6) is 5.75 Å². The van der Waals surface area contributed by atoms with Crippen LogP contribution in [0.3, 0.4) is 0 Å². The lowest BCUT2D eigenvalue weighted by Gasteiger charge is -2.39. The summed E-state index contributed by atoms with van der Waals surface area (Å²) >= 11 is 0. The minimum Gasteiger partial charge on any atom is -0.497 e. The predicted octanol–water partition coefficient (Wildman–Crippen LogP) is 5.90. The number of rotatable bonds is 11. The summed E-state index contributed by atoms with van der Waals surface area (Å²) in [5.74, 6) is -0.168. The van der Waals surface area contributed by atoms with E-state index in [-0.39, 0.29) is 6.42 Å². The molecule has 1 aliphatic heterocycles. The van der Waals surface area contributed by atoms with Gasteiger partial charge in [0, 0.05) is 25.0 Å². The standard InChI is InChI=1S/C30H38FN3O3/c1-33(2)27-21-32-26-12-11-23(37-3)20-24(26)28(27)25(31)13-14-30(29(35)36)15-18-34(19-16-30)17-7-10-22-8-5-4-6-9-22/h4-6,8-9,11-12,20-21,25H,7,10,13-19H2,1-3H3,(H,35,36)/t25-/m1/s1. The topological polar surface area (TPSA) is 65.9 Å². The smallest absolute Gasteiger partial charge is 0.309 e. The monoisotopic (exact) mass is 507 g/mol. The number of carboxylic acid groups (broad SMARTS) is 1. The lowest BCUT2D eigenvalue weighted by Crippen LogP contribution is -2.44. The summed E-state index contributed by atoms with van der Waals surface area (Å²) < 4.78 is 21.4. The third kappa shape index (κ3) is 6.21. The van der Waals surface area contributed by atoms with Gasteiger partial charge in [0.05, 0.1) is 29.9 Å². The van der Waals surface area contributed by atoms with Crippen molar-refractivity contribution in [2.75, 3.05) is 45.7 Å². The highest BCUT2D eigenvalue weighted by Gasteiger charge is 2.41. The van der Waals surface area contributed by atoms with E-state index in [1.165, 1.54) is 5.56 Å². The number of methoxy groups -OCH3 is 1. The number of piperidine rings is 1. The van der Waals surface area contributed by atoms with Crippen LogP contribution >= 0.6 is 0 Å². The Hall–Kier alpha value is -3.19. The number of likely N-dealkylation sites (tertiary alicyclic amines) is 1. The quantitative estimate of drug-likeness (QED) is 0.349. The van der Waals surface area contributed by atoms with Gasteiger partial charge in [-0.3, -0.25) is 9.78 Å². The van der Waals surface area contributed by atoms with Crippen LogP contribution in [0, 0.1) is 5.41 Å². The number of hydrogen-bond acceptors (Lipinski definition) is 5. The van der Waals surface area contributed by atoms with Gasteiger partial charge in [0.15, 0.2) is 0 Å². The van der Waals surface area contributed by atoms with Gasteiger partial charge in [-0.2, -0.15) is 0 Å². The van der Waals surface area contributed by atoms with Crippen molar-refractivity contribution in [3.05, 3.63) is 65.9 Å². The van der Waals surface area contributed by atoms with Gasteiger partial charge < -0.3 is 19.6 Å². The molecule has 1 saturated heterocycles. The molecule has 1 aromatic heterocycles. The lowest BCUT2D eigenvalue weighted by atomic mass is 9.74. The zero-order valence-corrected chi connectivity index (χ0v) is 22.1. The SMILES string of the molecule is COc1ccc2ncc(N(C)C)c([C@H](F)CCC3(C(=O)O)CCN(CCCc4ccccc4)CC3)c2c1. The first-order valence-corrected chi connectivity index (χ1v) is 13.1. The number of halogens is 1. The average molecular weight is 508 g/mol. The summed E-state index contributed by atoms with van der Waals surface area (Å²) in [5, 5.41) is 10.9. The number of benzene rings is 2. The number of aliphatic carboxylic acids is 1. The second kappa shape index (κ2) is 11.9. The van der Waals surface area contributed by atoms with Crippen LogP contribution in [0.4, 0.5) is 10.1 Å². The van der Waals surface area contributed by atoms with Gasteiger partial charge in [-0.1, -0.05) is 30.3 Å². The van der Waals surface area contributed by atoms with Crippen LogP contribution in [-0.4, -0.2) is 61.8 Å². The zero-order chi connectivity index (χ0) is 26.4. The minimum absolute atomic E-state index is 0.150. The van der Waals surface area contributed by atoms with Crippen molar-refractivity contribution in [1.29, 1.82) is 0 Å². The third-order valence-corrected chi connectivity index (χ3v) is 7.82. The predicted molar refractivity (Wildman–Crippen MR) is 146 cm³/mol. The molecule has 198 valence electrons. The van der Waals surface area contributed by atoms with E-state index in [1.54, 1.807) is 13.3 Å². The largest absolute Gasteiger partial charge is 0.497 e. The Morgan fingerprint density at radius 1 is 1.19 bits per heavy atom. The van der Waals surface area contributed by atoms with Crippen molar-refractivity contribution in [2.24, 2.45) is 5.41 Å².